The van der Waals surface area contributed by atoms with Crippen molar-refractivity contribution in [2.45, 2.75) is 12.4 Å². The molecule has 1 saturated heterocycles. The van der Waals surface area contributed by atoms with Crippen LogP contribution >= 0.6 is 15.9 Å². The van der Waals surface area contributed by atoms with E-state index in [1.54, 1.807) is 0 Å². The molecule has 0 bridgehead atoms. The predicted octanol–water partition coefficient (Wildman–Crippen LogP) is 4.33. The van der Waals surface area contributed by atoms with Crippen molar-refractivity contribution in [3.05, 3.63) is 57.6 Å². The highest BCUT2D eigenvalue weighted by molar-refractivity contribution is 9.10. The minimum Gasteiger partial charge on any atom is -0.505 e. The van der Waals surface area contributed by atoms with E-state index in [2.05, 4.69) is 26.0 Å². The largest absolute Gasteiger partial charge is 0.573 e. The summed E-state index contributed by atoms with van der Waals surface area (Å²) in [7, 11) is 0. The smallest absolute Gasteiger partial charge is 0.505 e. The predicted molar refractivity (Wildman–Crippen MR) is 95.1 cm³/mol. The number of benzene rings is 2. The number of aromatic hydroxyl groups is 1. The van der Waals surface area contributed by atoms with Gasteiger partial charge in [-0.05, 0) is 39.7 Å². The van der Waals surface area contributed by atoms with Crippen molar-refractivity contribution in [3.63, 3.8) is 0 Å². The fraction of sp³-hybridized carbons (Fsp3) is 0.333. The van der Waals surface area contributed by atoms with Gasteiger partial charge in [0.1, 0.15) is 5.75 Å². The van der Waals surface area contributed by atoms with Gasteiger partial charge in [0.15, 0.2) is 11.6 Å². The molecular weight excluding hydrogens is 451 g/mol. The quantitative estimate of drug-likeness (QED) is 0.520. The van der Waals surface area contributed by atoms with Crippen molar-refractivity contribution in [2.24, 2.45) is 0 Å². The van der Waals surface area contributed by atoms with E-state index >= 15 is 0 Å². The average molecular weight is 467 g/mol. The van der Waals surface area contributed by atoms with Crippen molar-refractivity contribution < 1.29 is 31.8 Å². The Morgan fingerprint density at radius 1 is 1.07 bits per heavy atom. The Morgan fingerprint density at radius 3 is 2.25 bits per heavy atom. The topological polar surface area (TPSA) is 44.7 Å². The third-order valence-corrected chi connectivity index (χ3v) is 4.98. The molecule has 0 unspecified atom stereocenters. The molecule has 0 aromatic heterocycles. The number of phenols is 1. The molecule has 1 atom stereocenters. The first-order valence-corrected chi connectivity index (χ1v) is 9.13. The second kappa shape index (κ2) is 8.22. The van der Waals surface area contributed by atoms with Gasteiger partial charge in [0, 0.05) is 31.7 Å². The zero-order valence-electron chi connectivity index (χ0n) is 14.4. The fourth-order valence-electron chi connectivity index (χ4n) is 3.19. The van der Waals surface area contributed by atoms with Gasteiger partial charge in [0.05, 0.1) is 10.5 Å². The number of rotatable bonds is 4. The van der Waals surface area contributed by atoms with Crippen molar-refractivity contribution in [2.75, 3.05) is 26.2 Å². The summed E-state index contributed by atoms with van der Waals surface area (Å²) in [5, 5.41) is 13.4. The lowest BCUT2D eigenvalue weighted by molar-refractivity contribution is -0.274. The third-order valence-electron chi connectivity index (χ3n) is 4.41. The van der Waals surface area contributed by atoms with E-state index in [1.807, 2.05) is 4.90 Å². The van der Waals surface area contributed by atoms with Crippen LogP contribution < -0.4 is 10.1 Å². The van der Waals surface area contributed by atoms with E-state index in [0.29, 0.717) is 31.7 Å². The van der Waals surface area contributed by atoms with E-state index in [-0.39, 0.29) is 10.0 Å². The molecule has 0 amide bonds. The molecule has 2 aromatic rings. The second-order valence-electron chi connectivity index (χ2n) is 6.23. The summed E-state index contributed by atoms with van der Waals surface area (Å²) in [5.74, 6) is -3.83. The van der Waals surface area contributed by atoms with Gasteiger partial charge in [0.2, 0.25) is 5.82 Å². The number of nitrogens with one attached hydrogen (secondary N) is 1. The van der Waals surface area contributed by atoms with Gasteiger partial charge >= 0.3 is 6.36 Å². The molecule has 0 aliphatic carbocycles. The molecule has 0 radical (unpaired) electrons. The van der Waals surface area contributed by atoms with Crippen LogP contribution in [0.15, 0.2) is 34.8 Å². The third kappa shape index (κ3) is 4.56. The maximum Gasteiger partial charge on any atom is 0.573 e. The second-order valence-corrected chi connectivity index (χ2v) is 7.08. The maximum absolute atomic E-state index is 14.1. The molecule has 3 rings (SSSR count). The molecule has 1 heterocycles. The monoisotopic (exact) mass is 466 g/mol. The molecule has 2 N–H and O–H groups in total. The van der Waals surface area contributed by atoms with E-state index in [0.717, 1.165) is 12.1 Å². The van der Waals surface area contributed by atoms with Crippen LogP contribution in [0.5, 0.6) is 11.5 Å². The fourth-order valence-corrected chi connectivity index (χ4v) is 3.61. The minimum atomic E-state index is -4.82. The molecule has 152 valence electrons. The van der Waals surface area contributed by atoms with Crippen molar-refractivity contribution in [1.29, 1.82) is 0 Å². The van der Waals surface area contributed by atoms with Gasteiger partial charge in [-0.25, -0.2) is 4.39 Å². The Labute approximate surface area is 166 Å². The first kappa shape index (κ1) is 20.8. The summed E-state index contributed by atoms with van der Waals surface area (Å²) in [6, 6.07) is 5.69. The Hall–Kier alpha value is -1.91. The summed E-state index contributed by atoms with van der Waals surface area (Å²) in [6.07, 6.45) is -4.82. The Kier molecular flexibility index (Phi) is 6.11. The van der Waals surface area contributed by atoms with Crippen LogP contribution in [-0.4, -0.2) is 42.5 Å². The Balaban J connectivity index is 2.03. The summed E-state index contributed by atoms with van der Waals surface area (Å²) in [4.78, 5) is 1.93. The maximum atomic E-state index is 14.1. The summed E-state index contributed by atoms with van der Waals surface area (Å²) < 4.78 is 68.7. The van der Waals surface area contributed by atoms with Crippen LogP contribution in [0.2, 0.25) is 0 Å². The van der Waals surface area contributed by atoms with Crippen molar-refractivity contribution in [1.82, 2.24) is 10.2 Å². The van der Waals surface area contributed by atoms with Crippen LogP contribution in [0, 0.1) is 11.6 Å². The first-order chi connectivity index (χ1) is 13.2. The molecule has 1 aliphatic heterocycles. The van der Waals surface area contributed by atoms with Crippen LogP contribution in [0.4, 0.5) is 22.0 Å². The SMILES string of the molecule is Oc1c([C@H](c2ccc(OC(F)(F)F)cc2)N2CCNCC2)cc(Br)c(F)c1F. The van der Waals surface area contributed by atoms with E-state index in [1.165, 1.54) is 18.2 Å². The van der Waals surface area contributed by atoms with Gasteiger partial charge < -0.3 is 15.2 Å². The van der Waals surface area contributed by atoms with Gasteiger partial charge in [-0.3, -0.25) is 4.90 Å². The molecule has 1 aliphatic rings. The standard InChI is InChI=1S/C18H16BrF5N2O2/c19-13-9-12(17(27)15(21)14(13)20)16(26-7-5-25-6-8-26)10-1-3-11(4-2-10)28-18(22,23)24/h1-4,9,16,25,27H,5-8H2/t16-/m0/s1. The molecule has 0 saturated carbocycles. The Morgan fingerprint density at radius 2 is 1.68 bits per heavy atom. The number of nitrogens with zero attached hydrogens (tertiary/aromatic N) is 1. The molecule has 10 heteroatoms. The van der Waals surface area contributed by atoms with Crippen LogP contribution in [0.25, 0.3) is 0 Å². The number of halogens is 6. The lowest BCUT2D eigenvalue weighted by Gasteiger charge is -2.36. The summed E-state index contributed by atoms with van der Waals surface area (Å²) in [6.45, 7) is 2.36. The molecule has 0 spiro atoms. The lowest BCUT2D eigenvalue weighted by Crippen LogP contribution is -2.45. The first-order valence-electron chi connectivity index (χ1n) is 8.34. The van der Waals surface area contributed by atoms with Gasteiger partial charge in [-0.2, -0.15) is 4.39 Å². The minimum absolute atomic E-state index is 0.108. The number of ether oxygens (including phenoxy) is 1. The molecule has 4 nitrogen and oxygen atoms in total. The molecule has 2 aromatic carbocycles. The van der Waals surface area contributed by atoms with Gasteiger partial charge in [-0.1, -0.05) is 12.1 Å². The van der Waals surface area contributed by atoms with Crippen LogP contribution in [-0.2, 0) is 0 Å². The number of piperazine rings is 1. The highest BCUT2D eigenvalue weighted by Gasteiger charge is 2.32. The van der Waals surface area contributed by atoms with Crippen LogP contribution in [0.1, 0.15) is 17.2 Å². The summed E-state index contributed by atoms with van der Waals surface area (Å²) >= 11 is 2.94. The van der Waals surface area contributed by atoms with Crippen molar-refractivity contribution >= 4 is 15.9 Å². The number of hydrogen-bond acceptors (Lipinski definition) is 4. The highest BCUT2D eigenvalue weighted by atomic mass is 79.9. The lowest BCUT2D eigenvalue weighted by atomic mass is 9.95. The zero-order chi connectivity index (χ0) is 20.5. The van der Waals surface area contributed by atoms with Crippen molar-refractivity contribution in [3.8, 4) is 11.5 Å². The molecule has 28 heavy (non-hydrogen) atoms. The van der Waals surface area contributed by atoms with E-state index < -0.39 is 35.5 Å². The zero-order valence-corrected chi connectivity index (χ0v) is 15.9. The van der Waals surface area contributed by atoms with Gasteiger partial charge in [-0.15, -0.1) is 13.2 Å². The summed E-state index contributed by atoms with van der Waals surface area (Å²) in [5.41, 5.74) is 0.613. The Bertz CT molecular complexity index is 839. The van der Waals surface area contributed by atoms with Gasteiger partial charge in [0.25, 0.3) is 0 Å². The number of phenolic OH excluding ortho intramolecular Hbond substituents is 1. The number of alkyl halides is 3. The normalized spacial score (nSPS) is 16.8. The van der Waals surface area contributed by atoms with Crippen LogP contribution in [0.3, 0.4) is 0 Å². The molecule has 1 fully saturated rings. The molecular formula is C18H16BrF5N2O2. The van der Waals surface area contributed by atoms with E-state index in [9.17, 15) is 27.1 Å². The number of hydrogen-bond donors (Lipinski definition) is 2. The van der Waals surface area contributed by atoms with E-state index in [4.69, 9.17) is 0 Å². The highest BCUT2D eigenvalue weighted by Crippen LogP contribution is 2.39. The average Bonchev–Trinajstić information content (AvgIpc) is 2.65.